The van der Waals surface area contributed by atoms with E-state index in [0.29, 0.717) is 0 Å². The van der Waals surface area contributed by atoms with Crippen molar-refractivity contribution in [3.8, 4) is 44.8 Å². The van der Waals surface area contributed by atoms with Crippen LogP contribution in [-0.2, 0) is 5.41 Å². The molecule has 0 spiro atoms. The fourth-order valence-electron chi connectivity index (χ4n) is 11.7. The molecule has 13 aromatic rings. The summed E-state index contributed by atoms with van der Waals surface area (Å²) in [6.45, 7) is 0. The summed E-state index contributed by atoms with van der Waals surface area (Å²) in [6, 6.07) is 94.4. The SMILES string of the molecule is c1ccc(-c2cccc(-n3c4ccc(-c5ccc6c(c5)c5ccccc5n6-c5cccc6ccccc56)cc4c4cc5c(cc43)C(c3ccccc3)(c3ccccc3)c3ccccc3-5)c2)cc1. The Morgan fingerprint density at radius 3 is 1.57 bits per heavy atom. The Bertz CT molecular complexity index is 4040. The van der Waals surface area contributed by atoms with Crippen LogP contribution in [0.2, 0.25) is 0 Å². The first-order valence-corrected chi connectivity index (χ1v) is 23.3. The average Bonchev–Trinajstić information content (AvgIpc) is 4.01. The molecule has 2 heterocycles. The van der Waals surface area contributed by atoms with Crippen LogP contribution in [-0.4, -0.2) is 9.13 Å². The largest absolute Gasteiger partial charge is 0.309 e. The van der Waals surface area contributed by atoms with Crippen LogP contribution in [0.15, 0.2) is 255 Å². The van der Waals surface area contributed by atoms with Gasteiger partial charge in [0.1, 0.15) is 0 Å². The summed E-state index contributed by atoms with van der Waals surface area (Å²) in [4.78, 5) is 0. The molecule has 0 unspecified atom stereocenters. The molecule has 14 rings (SSSR count). The quantitative estimate of drug-likeness (QED) is 0.158. The number of rotatable bonds is 6. The highest BCUT2D eigenvalue weighted by atomic mass is 15.0. The molecule has 1 aliphatic carbocycles. The lowest BCUT2D eigenvalue weighted by Crippen LogP contribution is -2.28. The van der Waals surface area contributed by atoms with Gasteiger partial charge in [0.15, 0.2) is 0 Å². The first-order chi connectivity index (χ1) is 33.2. The Balaban J connectivity index is 1.04. The lowest BCUT2D eigenvalue weighted by molar-refractivity contribution is 0.769. The van der Waals surface area contributed by atoms with Crippen molar-refractivity contribution in [2.75, 3.05) is 0 Å². The molecule has 0 amide bonds. The molecule has 0 aliphatic heterocycles. The lowest BCUT2D eigenvalue weighted by atomic mass is 9.67. The molecule has 67 heavy (non-hydrogen) atoms. The minimum absolute atomic E-state index is 0.512. The van der Waals surface area contributed by atoms with E-state index in [9.17, 15) is 0 Å². The zero-order valence-corrected chi connectivity index (χ0v) is 36.6. The molecule has 11 aromatic carbocycles. The topological polar surface area (TPSA) is 9.86 Å². The summed E-state index contributed by atoms with van der Waals surface area (Å²) in [5.74, 6) is 0. The van der Waals surface area contributed by atoms with E-state index in [0.717, 1.165) is 5.69 Å². The van der Waals surface area contributed by atoms with Crippen molar-refractivity contribution < 1.29 is 0 Å². The first-order valence-electron chi connectivity index (χ1n) is 23.3. The predicted octanol–water partition coefficient (Wildman–Crippen LogP) is 16.7. The Morgan fingerprint density at radius 2 is 0.806 bits per heavy atom. The average molecular weight is 851 g/mol. The van der Waals surface area contributed by atoms with Crippen LogP contribution in [0.5, 0.6) is 0 Å². The molecule has 0 saturated carbocycles. The fraction of sp³-hybridized carbons (Fsp3) is 0.0154. The number of hydrogen-bond donors (Lipinski definition) is 0. The van der Waals surface area contributed by atoms with Gasteiger partial charge in [-0.1, -0.05) is 194 Å². The zero-order chi connectivity index (χ0) is 44.1. The van der Waals surface area contributed by atoms with Gasteiger partial charge < -0.3 is 9.13 Å². The number of fused-ring (bicyclic) bond motifs is 10. The molecule has 312 valence electrons. The minimum atomic E-state index is -0.512. The first kappa shape index (κ1) is 37.6. The van der Waals surface area contributed by atoms with Gasteiger partial charge in [-0.2, -0.15) is 0 Å². The van der Waals surface area contributed by atoms with E-state index in [1.807, 2.05) is 0 Å². The van der Waals surface area contributed by atoms with Crippen molar-refractivity contribution in [1.29, 1.82) is 0 Å². The van der Waals surface area contributed by atoms with Gasteiger partial charge in [-0.05, 0) is 122 Å². The van der Waals surface area contributed by atoms with Crippen LogP contribution < -0.4 is 0 Å². The standard InChI is InChI=1S/C65H42N2/c1-4-18-43(19-5-1)45-22-16-27-50(38-45)66-62-36-34-47(46-35-37-63-55(39-46)53-30-13-15-32-61(53)67(63)60-33-17-21-44-20-10-11-28-51(44)60)40-56(62)57-41-54-52-29-12-14-31-58(52)65(59(54)42-64(57)66,48-23-6-2-7-24-48)49-25-8-3-9-26-49/h1-42H. The van der Waals surface area contributed by atoms with Gasteiger partial charge in [0.25, 0.3) is 0 Å². The third kappa shape index (κ3) is 5.51. The van der Waals surface area contributed by atoms with Gasteiger partial charge in [0.2, 0.25) is 0 Å². The van der Waals surface area contributed by atoms with Crippen LogP contribution in [0.25, 0.3) is 99.1 Å². The van der Waals surface area contributed by atoms with E-state index in [-0.39, 0.29) is 0 Å². The van der Waals surface area contributed by atoms with E-state index in [1.165, 1.54) is 116 Å². The van der Waals surface area contributed by atoms with Crippen LogP contribution >= 0.6 is 0 Å². The van der Waals surface area contributed by atoms with Crippen LogP contribution in [0.1, 0.15) is 22.3 Å². The third-order valence-electron chi connectivity index (χ3n) is 14.6. The molecule has 0 bridgehead atoms. The highest BCUT2D eigenvalue weighted by Gasteiger charge is 2.46. The maximum atomic E-state index is 2.52. The van der Waals surface area contributed by atoms with Crippen LogP contribution in [0.3, 0.4) is 0 Å². The Kier molecular flexibility index (Phi) is 8.23. The van der Waals surface area contributed by atoms with E-state index in [1.54, 1.807) is 0 Å². The Morgan fingerprint density at radius 1 is 0.269 bits per heavy atom. The molecule has 0 radical (unpaired) electrons. The summed E-state index contributed by atoms with van der Waals surface area (Å²) in [6.07, 6.45) is 0. The minimum Gasteiger partial charge on any atom is -0.309 e. The Hall–Kier alpha value is -8.72. The normalized spacial score (nSPS) is 12.9. The summed E-state index contributed by atoms with van der Waals surface area (Å²) in [5, 5.41) is 7.44. The van der Waals surface area contributed by atoms with Crippen molar-refractivity contribution in [3.05, 3.63) is 277 Å². The number of aromatic nitrogens is 2. The van der Waals surface area contributed by atoms with Gasteiger partial charge in [-0.25, -0.2) is 0 Å². The Labute approximate surface area is 388 Å². The number of para-hydroxylation sites is 1. The highest BCUT2D eigenvalue weighted by molar-refractivity contribution is 6.15. The molecule has 2 aromatic heterocycles. The highest BCUT2D eigenvalue weighted by Crippen LogP contribution is 2.57. The van der Waals surface area contributed by atoms with E-state index in [2.05, 4.69) is 264 Å². The van der Waals surface area contributed by atoms with Crippen molar-refractivity contribution in [2.24, 2.45) is 0 Å². The molecule has 2 nitrogen and oxygen atoms in total. The molecule has 0 saturated heterocycles. The van der Waals surface area contributed by atoms with Crippen molar-refractivity contribution in [1.82, 2.24) is 9.13 Å². The van der Waals surface area contributed by atoms with Gasteiger partial charge in [-0.15, -0.1) is 0 Å². The summed E-state index contributed by atoms with van der Waals surface area (Å²) in [5.41, 5.74) is 19.1. The summed E-state index contributed by atoms with van der Waals surface area (Å²) in [7, 11) is 0. The van der Waals surface area contributed by atoms with Crippen LogP contribution in [0, 0.1) is 0 Å². The summed E-state index contributed by atoms with van der Waals surface area (Å²) < 4.78 is 4.95. The fourth-order valence-corrected chi connectivity index (χ4v) is 11.7. The van der Waals surface area contributed by atoms with Crippen molar-refractivity contribution in [3.63, 3.8) is 0 Å². The van der Waals surface area contributed by atoms with E-state index >= 15 is 0 Å². The third-order valence-corrected chi connectivity index (χ3v) is 14.6. The summed E-state index contributed by atoms with van der Waals surface area (Å²) >= 11 is 0. The van der Waals surface area contributed by atoms with Crippen molar-refractivity contribution >= 4 is 54.4 Å². The molecule has 0 fully saturated rings. The molecule has 2 heteroatoms. The number of benzene rings is 11. The molecular formula is C65H42N2. The number of nitrogens with zero attached hydrogens (tertiary/aromatic N) is 2. The molecule has 0 N–H and O–H groups in total. The van der Waals surface area contributed by atoms with Gasteiger partial charge in [0, 0.05) is 32.6 Å². The van der Waals surface area contributed by atoms with Crippen molar-refractivity contribution in [2.45, 2.75) is 5.41 Å². The maximum Gasteiger partial charge on any atom is 0.0714 e. The van der Waals surface area contributed by atoms with Gasteiger partial charge >= 0.3 is 0 Å². The second-order valence-electron chi connectivity index (χ2n) is 18.0. The van der Waals surface area contributed by atoms with Crippen LogP contribution in [0.4, 0.5) is 0 Å². The molecule has 1 aliphatic rings. The molecule has 0 atom stereocenters. The number of hydrogen-bond acceptors (Lipinski definition) is 0. The van der Waals surface area contributed by atoms with Gasteiger partial charge in [-0.3, -0.25) is 0 Å². The van der Waals surface area contributed by atoms with E-state index < -0.39 is 5.41 Å². The molecular weight excluding hydrogens is 809 g/mol. The van der Waals surface area contributed by atoms with E-state index in [4.69, 9.17) is 0 Å². The second-order valence-corrected chi connectivity index (χ2v) is 18.0. The second kappa shape index (κ2) is 14.7. The lowest BCUT2D eigenvalue weighted by Gasteiger charge is -2.34. The monoisotopic (exact) mass is 850 g/mol. The maximum absolute atomic E-state index is 2.52. The zero-order valence-electron chi connectivity index (χ0n) is 36.6. The smallest absolute Gasteiger partial charge is 0.0714 e. The van der Waals surface area contributed by atoms with Gasteiger partial charge in [0.05, 0.1) is 33.2 Å². The predicted molar refractivity (Wildman–Crippen MR) is 281 cm³/mol.